The van der Waals surface area contributed by atoms with E-state index >= 15 is 0 Å². The minimum Gasteiger partial charge on any atom is -0.481 e. The normalized spacial score (nSPS) is 15.8. The molecule has 0 radical (unpaired) electrons. The monoisotopic (exact) mass is 276 g/mol. The first kappa shape index (κ1) is 12.0. The standard InChI is InChI=1S/C9H13BrN2O3/c10-7-2-1-5-12(6-7)9(15)11-4-3-8(13)14/h2H,1,3-6H2,(H,11,15)(H,13,14). The summed E-state index contributed by atoms with van der Waals surface area (Å²) in [6.07, 6.45) is 2.81. The summed E-state index contributed by atoms with van der Waals surface area (Å²) in [6.45, 7) is 1.40. The van der Waals surface area contributed by atoms with Gasteiger partial charge in [0.15, 0.2) is 0 Å². The summed E-state index contributed by atoms with van der Waals surface area (Å²) in [7, 11) is 0. The summed E-state index contributed by atoms with van der Waals surface area (Å²) in [5.74, 6) is -0.907. The third-order valence-corrected chi connectivity index (χ3v) is 2.58. The topological polar surface area (TPSA) is 69.6 Å². The average molecular weight is 277 g/mol. The lowest BCUT2D eigenvalue weighted by atomic mass is 10.2. The molecule has 0 saturated carbocycles. The van der Waals surface area contributed by atoms with Crippen molar-refractivity contribution in [1.82, 2.24) is 10.2 Å². The summed E-state index contributed by atoms with van der Waals surface area (Å²) in [5, 5.41) is 11.0. The summed E-state index contributed by atoms with van der Waals surface area (Å²) >= 11 is 3.33. The highest BCUT2D eigenvalue weighted by atomic mass is 79.9. The van der Waals surface area contributed by atoms with E-state index in [0.717, 1.165) is 10.9 Å². The van der Waals surface area contributed by atoms with Crippen molar-refractivity contribution in [3.63, 3.8) is 0 Å². The highest BCUT2D eigenvalue weighted by molar-refractivity contribution is 9.11. The van der Waals surface area contributed by atoms with Crippen LogP contribution in [0, 0.1) is 0 Å². The Kier molecular flexibility index (Phi) is 4.61. The fourth-order valence-electron chi connectivity index (χ4n) is 1.26. The van der Waals surface area contributed by atoms with E-state index in [-0.39, 0.29) is 19.0 Å². The zero-order valence-electron chi connectivity index (χ0n) is 8.20. The van der Waals surface area contributed by atoms with Gasteiger partial charge in [0.05, 0.1) is 13.0 Å². The Hall–Kier alpha value is -1.04. The van der Waals surface area contributed by atoms with Gasteiger partial charge in [-0.2, -0.15) is 0 Å². The molecule has 1 heterocycles. The van der Waals surface area contributed by atoms with Crippen molar-refractivity contribution in [2.45, 2.75) is 12.8 Å². The summed E-state index contributed by atoms with van der Waals surface area (Å²) in [4.78, 5) is 23.4. The fraction of sp³-hybridized carbons (Fsp3) is 0.556. The van der Waals surface area contributed by atoms with Gasteiger partial charge in [-0.05, 0) is 6.42 Å². The first-order valence-electron chi connectivity index (χ1n) is 4.68. The maximum Gasteiger partial charge on any atom is 0.317 e. The van der Waals surface area contributed by atoms with E-state index in [9.17, 15) is 9.59 Å². The maximum absolute atomic E-state index is 11.5. The second kappa shape index (κ2) is 5.75. The van der Waals surface area contributed by atoms with Crippen LogP contribution >= 0.6 is 15.9 Å². The largest absolute Gasteiger partial charge is 0.481 e. The Bertz CT molecular complexity index is 291. The Balaban J connectivity index is 2.28. The Labute approximate surface area is 96.3 Å². The van der Waals surface area contributed by atoms with Crippen LogP contribution in [-0.4, -0.2) is 41.6 Å². The molecule has 0 aromatic carbocycles. The molecule has 84 valence electrons. The Morgan fingerprint density at radius 2 is 2.33 bits per heavy atom. The van der Waals surface area contributed by atoms with Gasteiger partial charge in [-0.3, -0.25) is 4.79 Å². The van der Waals surface area contributed by atoms with E-state index in [4.69, 9.17) is 5.11 Å². The molecule has 2 N–H and O–H groups in total. The first-order chi connectivity index (χ1) is 7.09. The third-order valence-electron chi connectivity index (χ3n) is 2.01. The number of carboxylic acids is 1. The second-order valence-corrected chi connectivity index (χ2v) is 4.26. The summed E-state index contributed by atoms with van der Waals surface area (Å²) < 4.78 is 0.988. The minimum absolute atomic E-state index is 0.0451. The molecule has 0 aromatic heterocycles. The molecule has 5 nitrogen and oxygen atoms in total. The van der Waals surface area contributed by atoms with Gasteiger partial charge in [-0.1, -0.05) is 22.0 Å². The van der Waals surface area contributed by atoms with Crippen molar-refractivity contribution in [2.24, 2.45) is 0 Å². The van der Waals surface area contributed by atoms with Crippen molar-refractivity contribution >= 4 is 27.9 Å². The zero-order valence-corrected chi connectivity index (χ0v) is 9.79. The van der Waals surface area contributed by atoms with Crippen LogP contribution in [0.3, 0.4) is 0 Å². The van der Waals surface area contributed by atoms with Crippen LogP contribution < -0.4 is 5.32 Å². The number of nitrogens with zero attached hydrogens (tertiary/aromatic N) is 1. The molecule has 1 aliphatic rings. The van der Waals surface area contributed by atoms with Gasteiger partial charge in [0.2, 0.25) is 0 Å². The van der Waals surface area contributed by atoms with Crippen molar-refractivity contribution in [3.8, 4) is 0 Å². The minimum atomic E-state index is -0.907. The van der Waals surface area contributed by atoms with E-state index in [1.165, 1.54) is 0 Å². The molecular formula is C9H13BrN2O3. The molecule has 6 heteroatoms. The number of carbonyl (C=O) groups is 2. The first-order valence-corrected chi connectivity index (χ1v) is 5.48. The van der Waals surface area contributed by atoms with Crippen LogP contribution in [0.1, 0.15) is 12.8 Å². The van der Waals surface area contributed by atoms with Gasteiger partial charge in [0.25, 0.3) is 0 Å². The highest BCUT2D eigenvalue weighted by Crippen LogP contribution is 2.14. The van der Waals surface area contributed by atoms with Crippen LogP contribution in [0.2, 0.25) is 0 Å². The molecule has 2 amide bonds. The lowest BCUT2D eigenvalue weighted by Gasteiger charge is -2.25. The quantitative estimate of drug-likeness (QED) is 0.813. The summed E-state index contributed by atoms with van der Waals surface area (Å²) in [6, 6.07) is -0.207. The molecule has 0 aromatic rings. The van der Waals surface area contributed by atoms with Crippen molar-refractivity contribution in [1.29, 1.82) is 0 Å². The average Bonchev–Trinajstić information content (AvgIpc) is 2.17. The number of halogens is 1. The van der Waals surface area contributed by atoms with Crippen LogP contribution in [0.15, 0.2) is 10.6 Å². The van der Waals surface area contributed by atoms with Crippen LogP contribution in [0.5, 0.6) is 0 Å². The lowest BCUT2D eigenvalue weighted by Crippen LogP contribution is -2.42. The number of amides is 2. The number of hydrogen-bond acceptors (Lipinski definition) is 2. The van der Waals surface area contributed by atoms with Gasteiger partial charge in [-0.25, -0.2) is 4.79 Å². The molecule has 0 unspecified atom stereocenters. The Morgan fingerprint density at radius 1 is 1.60 bits per heavy atom. The number of urea groups is 1. The van der Waals surface area contributed by atoms with Gasteiger partial charge in [0.1, 0.15) is 0 Å². The SMILES string of the molecule is O=C(O)CCNC(=O)N1CCC=C(Br)C1. The van der Waals surface area contributed by atoms with Crippen molar-refractivity contribution < 1.29 is 14.7 Å². The number of carbonyl (C=O) groups excluding carboxylic acids is 1. The molecular weight excluding hydrogens is 264 g/mol. The van der Waals surface area contributed by atoms with Gasteiger partial charge < -0.3 is 15.3 Å². The number of rotatable bonds is 3. The Morgan fingerprint density at radius 3 is 2.93 bits per heavy atom. The molecule has 0 spiro atoms. The predicted molar refractivity (Wildman–Crippen MR) is 58.9 cm³/mol. The summed E-state index contributed by atoms with van der Waals surface area (Å²) in [5.41, 5.74) is 0. The lowest BCUT2D eigenvalue weighted by molar-refractivity contribution is -0.136. The number of aliphatic carboxylic acids is 1. The fourth-order valence-corrected chi connectivity index (χ4v) is 1.80. The van der Waals surface area contributed by atoms with Crippen LogP contribution in [0.25, 0.3) is 0 Å². The van der Waals surface area contributed by atoms with Crippen LogP contribution in [0.4, 0.5) is 4.79 Å². The molecule has 15 heavy (non-hydrogen) atoms. The maximum atomic E-state index is 11.5. The molecule has 0 atom stereocenters. The molecule has 0 aliphatic carbocycles. The molecule has 0 bridgehead atoms. The van der Waals surface area contributed by atoms with Crippen LogP contribution in [-0.2, 0) is 4.79 Å². The number of nitrogens with one attached hydrogen (secondary N) is 1. The van der Waals surface area contributed by atoms with Gasteiger partial charge >= 0.3 is 12.0 Å². The molecule has 0 fully saturated rings. The third kappa shape index (κ3) is 4.33. The molecule has 1 aliphatic heterocycles. The molecule has 1 rings (SSSR count). The van der Waals surface area contributed by atoms with E-state index < -0.39 is 5.97 Å². The highest BCUT2D eigenvalue weighted by Gasteiger charge is 2.16. The smallest absolute Gasteiger partial charge is 0.317 e. The number of hydrogen-bond donors (Lipinski definition) is 2. The molecule has 0 saturated heterocycles. The second-order valence-electron chi connectivity index (χ2n) is 3.24. The van der Waals surface area contributed by atoms with E-state index in [0.29, 0.717) is 13.1 Å². The van der Waals surface area contributed by atoms with Crippen molar-refractivity contribution in [2.75, 3.05) is 19.6 Å². The van der Waals surface area contributed by atoms with Gasteiger partial charge in [0, 0.05) is 17.6 Å². The predicted octanol–water partition coefficient (Wildman–Crippen LogP) is 1.16. The van der Waals surface area contributed by atoms with E-state index in [1.807, 2.05) is 6.08 Å². The van der Waals surface area contributed by atoms with Crippen molar-refractivity contribution in [3.05, 3.63) is 10.6 Å². The van der Waals surface area contributed by atoms with Gasteiger partial charge in [-0.15, -0.1) is 0 Å². The van der Waals surface area contributed by atoms with E-state index in [2.05, 4.69) is 21.2 Å². The zero-order chi connectivity index (χ0) is 11.3. The number of carboxylic acid groups (broad SMARTS) is 1. The van der Waals surface area contributed by atoms with E-state index in [1.54, 1.807) is 4.90 Å².